The lowest BCUT2D eigenvalue weighted by Crippen LogP contribution is -2.24. The number of halogens is 1. The van der Waals surface area contributed by atoms with Crippen LogP contribution in [0.5, 0.6) is 0 Å². The predicted molar refractivity (Wildman–Crippen MR) is 55.8 cm³/mol. The first-order valence-electron chi connectivity index (χ1n) is 5.06. The van der Waals surface area contributed by atoms with Gasteiger partial charge in [0.25, 0.3) is 0 Å². The van der Waals surface area contributed by atoms with E-state index in [1.807, 2.05) is 0 Å². The van der Waals surface area contributed by atoms with E-state index in [0.717, 1.165) is 25.6 Å². The zero-order valence-corrected chi connectivity index (χ0v) is 9.48. The maximum absolute atomic E-state index is 5.56. The van der Waals surface area contributed by atoms with Crippen LogP contribution in [0.1, 0.15) is 39.0 Å². The molecule has 0 heterocycles. The summed E-state index contributed by atoms with van der Waals surface area (Å²) in [6.45, 7) is 4.05. The number of ether oxygens (including phenoxy) is 1. The normalized spacial score (nSPS) is 30.5. The van der Waals surface area contributed by atoms with Crippen LogP contribution in [0, 0.1) is 5.92 Å². The van der Waals surface area contributed by atoms with E-state index >= 15 is 0 Å². The Morgan fingerprint density at radius 2 is 2.08 bits per heavy atom. The van der Waals surface area contributed by atoms with Crippen molar-refractivity contribution in [1.82, 2.24) is 0 Å². The van der Waals surface area contributed by atoms with E-state index in [1.54, 1.807) is 0 Å². The summed E-state index contributed by atoms with van der Waals surface area (Å²) < 4.78 is 5.56. The van der Waals surface area contributed by atoms with Crippen molar-refractivity contribution in [3.63, 3.8) is 0 Å². The van der Waals surface area contributed by atoms with E-state index in [1.165, 1.54) is 25.7 Å². The molecular formula is C10H19BrO. The quantitative estimate of drug-likeness (QED) is 0.536. The highest BCUT2D eigenvalue weighted by atomic mass is 79.9. The van der Waals surface area contributed by atoms with Gasteiger partial charge < -0.3 is 4.74 Å². The van der Waals surface area contributed by atoms with Gasteiger partial charge in [0.15, 0.2) is 0 Å². The van der Waals surface area contributed by atoms with Crippen LogP contribution in [-0.4, -0.2) is 18.0 Å². The highest BCUT2D eigenvalue weighted by Gasteiger charge is 2.22. The first-order valence-corrected chi connectivity index (χ1v) is 5.98. The predicted octanol–water partition coefficient (Wildman–Crippen LogP) is 3.37. The Balaban J connectivity index is 2.11. The Hall–Kier alpha value is 0.440. The summed E-state index contributed by atoms with van der Waals surface area (Å²) in [6, 6.07) is 0. The topological polar surface area (TPSA) is 9.23 Å². The van der Waals surface area contributed by atoms with Crippen LogP contribution in [0.25, 0.3) is 0 Å². The number of alkyl halides is 1. The molecule has 2 heteroatoms. The number of hydrogen-bond donors (Lipinski definition) is 0. The molecule has 0 unspecified atom stereocenters. The fourth-order valence-electron chi connectivity index (χ4n) is 1.73. The molecule has 1 aliphatic rings. The molecule has 0 amide bonds. The fourth-order valence-corrected chi connectivity index (χ4v) is 2.47. The van der Waals surface area contributed by atoms with E-state index in [2.05, 4.69) is 22.9 Å². The van der Waals surface area contributed by atoms with Crippen molar-refractivity contribution in [1.29, 1.82) is 0 Å². The van der Waals surface area contributed by atoms with Crippen LogP contribution in [0.3, 0.4) is 0 Å². The monoisotopic (exact) mass is 234 g/mol. The minimum atomic E-state index is 0.711. The van der Waals surface area contributed by atoms with Crippen molar-refractivity contribution in [3.8, 4) is 0 Å². The van der Waals surface area contributed by atoms with E-state index < -0.39 is 0 Å². The van der Waals surface area contributed by atoms with Crippen molar-refractivity contribution >= 4 is 15.9 Å². The molecule has 1 saturated carbocycles. The molecule has 72 valence electrons. The molecule has 12 heavy (non-hydrogen) atoms. The summed E-state index contributed by atoms with van der Waals surface area (Å²) in [4.78, 5) is 0.711. The van der Waals surface area contributed by atoms with Crippen molar-refractivity contribution in [3.05, 3.63) is 0 Å². The molecule has 1 nitrogen and oxygen atoms in total. The zero-order valence-electron chi connectivity index (χ0n) is 7.89. The first kappa shape index (κ1) is 10.5. The zero-order chi connectivity index (χ0) is 8.81. The third-order valence-corrected chi connectivity index (χ3v) is 3.70. The van der Waals surface area contributed by atoms with E-state index in [4.69, 9.17) is 4.74 Å². The van der Waals surface area contributed by atoms with Gasteiger partial charge >= 0.3 is 0 Å². The van der Waals surface area contributed by atoms with Gasteiger partial charge in [0.1, 0.15) is 0 Å². The molecule has 2 atom stereocenters. The Kier molecular flexibility index (Phi) is 5.24. The average molecular weight is 235 g/mol. The van der Waals surface area contributed by atoms with Crippen molar-refractivity contribution in [2.45, 2.75) is 43.9 Å². The molecule has 0 aromatic rings. The van der Waals surface area contributed by atoms with E-state index in [9.17, 15) is 0 Å². The van der Waals surface area contributed by atoms with Crippen LogP contribution in [0.4, 0.5) is 0 Å². The van der Waals surface area contributed by atoms with E-state index in [0.29, 0.717) is 4.83 Å². The summed E-state index contributed by atoms with van der Waals surface area (Å²) in [5.74, 6) is 0.769. The molecule has 1 aliphatic carbocycles. The molecule has 0 N–H and O–H groups in total. The Morgan fingerprint density at radius 3 is 2.75 bits per heavy atom. The fraction of sp³-hybridized carbons (Fsp3) is 1.00. The van der Waals surface area contributed by atoms with Gasteiger partial charge in [0, 0.05) is 11.4 Å². The van der Waals surface area contributed by atoms with Crippen molar-refractivity contribution in [2.75, 3.05) is 13.2 Å². The Morgan fingerprint density at radius 1 is 1.33 bits per heavy atom. The molecule has 0 spiro atoms. The minimum Gasteiger partial charge on any atom is -0.381 e. The van der Waals surface area contributed by atoms with Gasteiger partial charge in [-0.05, 0) is 25.2 Å². The van der Waals surface area contributed by atoms with Gasteiger partial charge in [-0.15, -0.1) is 0 Å². The highest BCUT2D eigenvalue weighted by Crippen LogP contribution is 2.29. The van der Waals surface area contributed by atoms with Gasteiger partial charge in [-0.25, -0.2) is 0 Å². The third-order valence-electron chi connectivity index (χ3n) is 2.50. The maximum Gasteiger partial charge on any atom is 0.0504 e. The van der Waals surface area contributed by atoms with Crippen LogP contribution in [0.15, 0.2) is 0 Å². The lowest BCUT2D eigenvalue weighted by molar-refractivity contribution is 0.0890. The second kappa shape index (κ2) is 5.98. The molecule has 1 rings (SSSR count). The second-order valence-electron chi connectivity index (χ2n) is 3.64. The molecule has 0 aliphatic heterocycles. The molecule has 0 bridgehead atoms. The Bertz CT molecular complexity index is 116. The van der Waals surface area contributed by atoms with Gasteiger partial charge in [-0.3, -0.25) is 0 Å². The minimum absolute atomic E-state index is 0.711. The van der Waals surface area contributed by atoms with Crippen molar-refractivity contribution in [2.24, 2.45) is 5.92 Å². The van der Waals surface area contributed by atoms with Gasteiger partial charge in [0.2, 0.25) is 0 Å². The smallest absolute Gasteiger partial charge is 0.0504 e. The lowest BCUT2D eigenvalue weighted by Gasteiger charge is -2.26. The van der Waals surface area contributed by atoms with Crippen LogP contribution in [0.2, 0.25) is 0 Å². The second-order valence-corrected chi connectivity index (χ2v) is 4.81. The van der Waals surface area contributed by atoms with Crippen LogP contribution in [-0.2, 0) is 4.74 Å². The summed E-state index contributed by atoms with van der Waals surface area (Å²) in [5, 5.41) is 0. The lowest BCUT2D eigenvalue weighted by atomic mass is 9.90. The van der Waals surface area contributed by atoms with E-state index in [-0.39, 0.29) is 0 Å². The summed E-state index contributed by atoms with van der Waals surface area (Å²) in [6.07, 6.45) is 6.60. The number of hydrogen-bond acceptors (Lipinski definition) is 1. The molecule has 0 saturated heterocycles. The third kappa shape index (κ3) is 3.44. The summed E-state index contributed by atoms with van der Waals surface area (Å²) >= 11 is 3.73. The highest BCUT2D eigenvalue weighted by molar-refractivity contribution is 9.09. The molecule has 0 aromatic carbocycles. The first-order chi connectivity index (χ1) is 5.84. The van der Waals surface area contributed by atoms with Gasteiger partial charge in [-0.1, -0.05) is 35.7 Å². The standard InChI is InChI=1S/C10H19BrO/c1-2-7-12-8-9-5-3-4-6-10(9)11/h9-10H,2-8H2,1H3/t9-,10+/m0/s1. The maximum atomic E-state index is 5.56. The van der Waals surface area contributed by atoms with Gasteiger partial charge in [-0.2, -0.15) is 0 Å². The molecule has 1 fully saturated rings. The molecule has 0 radical (unpaired) electrons. The van der Waals surface area contributed by atoms with Crippen molar-refractivity contribution < 1.29 is 4.74 Å². The van der Waals surface area contributed by atoms with Crippen LogP contribution < -0.4 is 0 Å². The number of rotatable bonds is 4. The van der Waals surface area contributed by atoms with Gasteiger partial charge in [0.05, 0.1) is 6.61 Å². The SMILES string of the molecule is CCCOC[C@@H]1CCCC[C@H]1Br. The largest absolute Gasteiger partial charge is 0.381 e. The van der Waals surface area contributed by atoms with Crippen LogP contribution >= 0.6 is 15.9 Å². The Labute approximate surface area is 84.0 Å². The molecule has 0 aromatic heterocycles. The summed E-state index contributed by atoms with van der Waals surface area (Å²) in [5.41, 5.74) is 0. The molecular weight excluding hydrogens is 216 g/mol. The summed E-state index contributed by atoms with van der Waals surface area (Å²) in [7, 11) is 0. The average Bonchev–Trinajstić information content (AvgIpc) is 2.09.